The first kappa shape index (κ1) is 14.8. The van der Waals surface area contributed by atoms with Crippen LogP contribution in [0, 0.1) is 0 Å². The Hall–Kier alpha value is -1.60. The summed E-state index contributed by atoms with van der Waals surface area (Å²) in [6, 6.07) is 6.99. The zero-order chi connectivity index (χ0) is 14.8. The van der Waals surface area contributed by atoms with Crippen molar-refractivity contribution in [2.24, 2.45) is 0 Å². The number of rotatable bonds is 3. The van der Waals surface area contributed by atoms with E-state index in [4.69, 9.17) is 5.11 Å². The number of hydrogen-bond acceptors (Lipinski definition) is 3. The van der Waals surface area contributed by atoms with Gasteiger partial charge >= 0.3 is 6.18 Å². The second-order valence-electron chi connectivity index (χ2n) is 4.71. The number of nitrogens with one attached hydrogen (secondary N) is 2. The van der Waals surface area contributed by atoms with Crippen molar-refractivity contribution < 1.29 is 23.1 Å². The van der Waals surface area contributed by atoms with Gasteiger partial charge in [0.2, 0.25) is 5.91 Å². The maximum Gasteiger partial charge on any atom is 0.416 e. The van der Waals surface area contributed by atoms with Gasteiger partial charge in [0.05, 0.1) is 12.6 Å². The van der Waals surface area contributed by atoms with Gasteiger partial charge in [0, 0.05) is 6.54 Å². The third-order valence-corrected chi connectivity index (χ3v) is 3.25. The first-order valence-corrected chi connectivity index (χ1v) is 6.20. The molecule has 0 saturated carbocycles. The van der Waals surface area contributed by atoms with Crippen molar-refractivity contribution in [2.45, 2.75) is 31.3 Å². The molecule has 20 heavy (non-hydrogen) atoms. The summed E-state index contributed by atoms with van der Waals surface area (Å²) in [5, 5.41) is 13.9. The molecule has 1 aliphatic heterocycles. The largest absolute Gasteiger partial charge is 0.416 e. The van der Waals surface area contributed by atoms with Crippen LogP contribution in [-0.4, -0.2) is 35.9 Å². The maximum atomic E-state index is 12.1. The van der Waals surface area contributed by atoms with E-state index in [1.165, 1.54) is 0 Å². The topological polar surface area (TPSA) is 61.4 Å². The molecule has 0 bridgehead atoms. The minimum atomic E-state index is -4.72. The summed E-state index contributed by atoms with van der Waals surface area (Å²) in [5.41, 5.74) is 2.08. The average molecular weight is 288 g/mol. The molecule has 2 rings (SSSR count). The molecule has 0 fully saturated rings. The van der Waals surface area contributed by atoms with Crippen molar-refractivity contribution in [3.05, 3.63) is 35.4 Å². The van der Waals surface area contributed by atoms with Crippen LogP contribution in [-0.2, 0) is 17.8 Å². The molecule has 110 valence electrons. The second kappa shape index (κ2) is 5.80. The lowest BCUT2D eigenvalue weighted by Crippen LogP contribution is -2.50. The fourth-order valence-corrected chi connectivity index (χ4v) is 2.08. The monoisotopic (exact) mass is 288 g/mol. The van der Waals surface area contributed by atoms with E-state index < -0.39 is 30.8 Å². The van der Waals surface area contributed by atoms with Gasteiger partial charge in [-0.3, -0.25) is 4.79 Å². The molecule has 1 aromatic rings. The minimum absolute atomic E-state index is 0.421. The maximum absolute atomic E-state index is 12.1. The number of amides is 1. The van der Waals surface area contributed by atoms with Crippen LogP contribution in [0.3, 0.4) is 0 Å². The molecule has 4 nitrogen and oxygen atoms in total. The Morgan fingerprint density at radius 1 is 1.40 bits per heavy atom. The van der Waals surface area contributed by atoms with Crippen LogP contribution in [0.25, 0.3) is 0 Å². The molecular weight excluding hydrogens is 273 g/mol. The van der Waals surface area contributed by atoms with E-state index in [1.807, 2.05) is 24.3 Å². The summed E-state index contributed by atoms with van der Waals surface area (Å²) >= 11 is 0. The van der Waals surface area contributed by atoms with Gasteiger partial charge in [0.15, 0.2) is 6.10 Å². The Morgan fingerprint density at radius 2 is 2.05 bits per heavy atom. The number of aliphatic hydroxyl groups is 1. The van der Waals surface area contributed by atoms with Crippen molar-refractivity contribution in [1.82, 2.24) is 10.6 Å². The van der Waals surface area contributed by atoms with Gasteiger partial charge in [0.25, 0.3) is 0 Å². The summed E-state index contributed by atoms with van der Waals surface area (Å²) in [7, 11) is 0. The number of fused-ring (bicyclic) bond motifs is 1. The van der Waals surface area contributed by atoms with Crippen molar-refractivity contribution >= 4 is 5.91 Å². The lowest BCUT2D eigenvalue weighted by Gasteiger charge is -2.26. The molecule has 1 aliphatic rings. The molecule has 0 spiro atoms. The van der Waals surface area contributed by atoms with Gasteiger partial charge in [-0.05, 0) is 17.5 Å². The van der Waals surface area contributed by atoms with E-state index in [2.05, 4.69) is 10.6 Å². The highest BCUT2D eigenvalue weighted by Gasteiger charge is 2.38. The zero-order valence-electron chi connectivity index (χ0n) is 10.6. The van der Waals surface area contributed by atoms with Crippen molar-refractivity contribution in [3.8, 4) is 0 Å². The quantitative estimate of drug-likeness (QED) is 0.769. The molecular formula is C13H15F3N2O2. The van der Waals surface area contributed by atoms with Gasteiger partial charge in [-0.25, -0.2) is 0 Å². The van der Waals surface area contributed by atoms with Crippen LogP contribution in [0.5, 0.6) is 0 Å². The number of carbonyl (C=O) groups is 1. The fraction of sp³-hybridized carbons (Fsp3) is 0.462. The number of halogens is 3. The van der Waals surface area contributed by atoms with Crippen LogP contribution in [0.15, 0.2) is 24.3 Å². The van der Waals surface area contributed by atoms with Gasteiger partial charge in [0.1, 0.15) is 0 Å². The molecule has 1 amide bonds. The van der Waals surface area contributed by atoms with Gasteiger partial charge in [-0.2, -0.15) is 13.2 Å². The van der Waals surface area contributed by atoms with E-state index in [-0.39, 0.29) is 0 Å². The Balaban J connectivity index is 1.89. The number of hydrogen-bond donors (Lipinski definition) is 3. The van der Waals surface area contributed by atoms with Gasteiger partial charge in [-0.1, -0.05) is 24.3 Å². The Morgan fingerprint density at radius 3 is 2.70 bits per heavy atom. The van der Waals surface area contributed by atoms with Gasteiger partial charge in [-0.15, -0.1) is 0 Å². The summed E-state index contributed by atoms with van der Waals surface area (Å²) in [6.45, 7) is -0.335. The predicted molar refractivity (Wildman–Crippen MR) is 65.8 cm³/mol. The highest BCUT2D eigenvalue weighted by molar-refractivity contribution is 5.82. The Labute approximate surface area is 114 Å². The Kier molecular flexibility index (Phi) is 4.29. The van der Waals surface area contributed by atoms with Crippen LogP contribution in [0.1, 0.15) is 11.1 Å². The van der Waals surface area contributed by atoms with Crippen molar-refractivity contribution in [1.29, 1.82) is 0 Å². The lowest BCUT2D eigenvalue weighted by atomic mass is 9.95. The van der Waals surface area contributed by atoms with Gasteiger partial charge < -0.3 is 15.7 Å². The number of carbonyl (C=O) groups excluding carboxylic acids is 1. The Bertz CT molecular complexity index is 491. The predicted octanol–water partition coefficient (Wildman–Crippen LogP) is 0.740. The molecule has 7 heteroatoms. The highest BCUT2D eigenvalue weighted by Crippen LogP contribution is 2.19. The number of aliphatic hydroxyl groups excluding tert-OH is 1. The van der Waals surface area contributed by atoms with E-state index in [1.54, 1.807) is 0 Å². The van der Waals surface area contributed by atoms with E-state index >= 15 is 0 Å². The average Bonchev–Trinajstić information content (AvgIpc) is 2.42. The molecule has 3 N–H and O–H groups in total. The minimum Gasteiger partial charge on any atom is -0.382 e. The van der Waals surface area contributed by atoms with E-state index in [0.717, 1.165) is 11.1 Å². The number of alkyl halides is 3. The van der Waals surface area contributed by atoms with Crippen molar-refractivity contribution in [3.63, 3.8) is 0 Å². The number of benzene rings is 1. The lowest BCUT2D eigenvalue weighted by molar-refractivity contribution is -0.201. The standard InChI is InChI=1S/C13H15F3N2O2/c14-13(15,16)11(19)7-18-12(20)10-5-8-3-1-2-4-9(8)6-17-10/h1-4,10-11,17,19H,5-7H2,(H,18,20). The summed E-state index contributed by atoms with van der Waals surface area (Å²) in [6.07, 6.45) is -6.84. The SMILES string of the molecule is O=C(NCC(O)C(F)(F)F)C1Cc2ccccc2CN1. The molecule has 2 atom stereocenters. The summed E-state index contributed by atoms with van der Waals surface area (Å²) < 4.78 is 36.4. The van der Waals surface area contributed by atoms with E-state index in [9.17, 15) is 18.0 Å². The van der Waals surface area contributed by atoms with Crippen LogP contribution in [0.2, 0.25) is 0 Å². The molecule has 2 unspecified atom stereocenters. The smallest absolute Gasteiger partial charge is 0.382 e. The fourth-order valence-electron chi connectivity index (χ4n) is 2.08. The molecule has 1 aromatic carbocycles. The zero-order valence-corrected chi connectivity index (χ0v) is 10.6. The normalized spacial score (nSPS) is 20.1. The molecule has 0 radical (unpaired) electrons. The van der Waals surface area contributed by atoms with Crippen LogP contribution >= 0.6 is 0 Å². The first-order chi connectivity index (χ1) is 9.38. The molecule has 0 aromatic heterocycles. The van der Waals surface area contributed by atoms with Crippen LogP contribution in [0.4, 0.5) is 13.2 Å². The molecule has 0 saturated heterocycles. The van der Waals surface area contributed by atoms with Crippen LogP contribution < -0.4 is 10.6 Å². The summed E-state index contributed by atoms with van der Waals surface area (Å²) in [5.74, 6) is -0.539. The second-order valence-corrected chi connectivity index (χ2v) is 4.71. The highest BCUT2D eigenvalue weighted by atomic mass is 19.4. The van der Waals surface area contributed by atoms with E-state index in [0.29, 0.717) is 13.0 Å². The van der Waals surface area contributed by atoms with Crippen molar-refractivity contribution in [2.75, 3.05) is 6.54 Å². The summed E-state index contributed by atoms with van der Waals surface area (Å²) in [4.78, 5) is 11.8. The molecule has 1 heterocycles. The third kappa shape index (κ3) is 3.49. The third-order valence-electron chi connectivity index (χ3n) is 3.25. The molecule has 0 aliphatic carbocycles. The first-order valence-electron chi connectivity index (χ1n) is 6.20.